The molecule has 0 bridgehead atoms. The van der Waals surface area contributed by atoms with Crippen molar-refractivity contribution < 1.29 is 14.2 Å². The van der Waals surface area contributed by atoms with Crippen LogP contribution in [0.4, 0.5) is 0 Å². The molecule has 4 nitrogen and oxygen atoms in total. The van der Waals surface area contributed by atoms with Crippen molar-refractivity contribution >= 4 is 0 Å². The van der Waals surface area contributed by atoms with Crippen molar-refractivity contribution in [2.75, 3.05) is 21.3 Å². The average molecular weight is 325 g/mol. The Labute approximate surface area is 143 Å². The van der Waals surface area contributed by atoms with E-state index >= 15 is 0 Å². The molecule has 0 heterocycles. The zero-order valence-corrected chi connectivity index (χ0v) is 14.6. The van der Waals surface area contributed by atoms with E-state index in [2.05, 4.69) is 19.1 Å². The molecule has 0 N–H and O–H groups in total. The highest BCUT2D eigenvalue weighted by atomic mass is 16.5. The molecule has 2 aromatic carbocycles. The molecular weight excluding hydrogens is 302 g/mol. The molecule has 0 aliphatic rings. The van der Waals surface area contributed by atoms with Crippen LogP contribution in [0.2, 0.25) is 0 Å². The summed E-state index contributed by atoms with van der Waals surface area (Å²) >= 11 is 0. The first kappa shape index (κ1) is 17.7. The smallest absolute Gasteiger partial charge is 0.127 e. The fraction of sp³-hybridized carbons (Fsp3) is 0.350. The third-order valence-corrected chi connectivity index (χ3v) is 4.14. The zero-order chi connectivity index (χ0) is 17.5. The average Bonchev–Trinajstić information content (AvgIpc) is 2.65. The molecule has 0 fully saturated rings. The van der Waals surface area contributed by atoms with Crippen molar-refractivity contribution in [3.63, 3.8) is 0 Å². The minimum atomic E-state index is -0.288. The fourth-order valence-corrected chi connectivity index (χ4v) is 2.80. The lowest BCUT2D eigenvalue weighted by molar-refractivity contribution is 0.390. The van der Waals surface area contributed by atoms with Gasteiger partial charge in [-0.25, -0.2) is 0 Å². The first-order valence-electron chi connectivity index (χ1n) is 7.94. The van der Waals surface area contributed by atoms with Gasteiger partial charge in [0.2, 0.25) is 0 Å². The van der Waals surface area contributed by atoms with Gasteiger partial charge >= 0.3 is 0 Å². The monoisotopic (exact) mass is 325 g/mol. The Morgan fingerprint density at radius 3 is 2.29 bits per heavy atom. The summed E-state index contributed by atoms with van der Waals surface area (Å²) in [7, 11) is 4.89. The molecule has 24 heavy (non-hydrogen) atoms. The molecule has 0 saturated heterocycles. The van der Waals surface area contributed by atoms with Gasteiger partial charge in [0, 0.05) is 11.6 Å². The van der Waals surface area contributed by atoms with Crippen LogP contribution >= 0.6 is 0 Å². The normalized spacial score (nSPS) is 11.5. The van der Waals surface area contributed by atoms with Gasteiger partial charge in [-0.1, -0.05) is 25.1 Å². The maximum absolute atomic E-state index is 9.65. The summed E-state index contributed by atoms with van der Waals surface area (Å²) in [6, 6.07) is 14.0. The van der Waals surface area contributed by atoms with Crippen LogP contribution in [0.1, 0.15) is 29.5 Å². The van der Waals surface area contributed by atoms with Gasteiger partial charge < -0.3 is 14.2 Å². The van der Waals surface area contributed by atoms with Crippen molar-refractivity contribution in [3.05, 3.63) is 53.1 Å². The fourth-order valence-electron chi connectivity index (χ4n) is 2.80. The number of methoxy groups -OCH3 is 3. The lowest BCUT2D eigenvalue weighted by atomic mass is 9.91. The van der Waals surface area contributed by atoms with Crippen molar-refractivity contribution in [1.82, 2.24) is 0 Å². The molecule has 4 heteroatoms. The number of aryl methyl sites for hydroxylation is 1. The summed E-state index contributed by atoms with van der Waals surface area (Å²) in [6.45, 7) is 2.09. The Morgan fingerprint density at radius 2 is 1.71 bits per heavy atom. The van der Waals surface area contributed by atoms with E-state index in [-0.39, 0.29) is 5.92 Å². The van der Waals surface area contributed by atoms with E-state index in [1.807, 2.05) is 30.3 Å². The van der Waals surface area contributed by atoms with Crippen LogP contribution in [0.15, 0.2) is 36.4 Å². The Hall–Kier alpha value is -2.67. The number of rotatable bonds is 7. The Balaban J connectivity index is 2.32. The second kappa shape index (κ2) is 8.26. The molecule has 2 rings (SSSR count). The number of ether oxygens (including phenoxy) is 3. The molecule has 1 unspecified atom stereocenters. The number of nitrogens with zero attached hydrogens (tertiary/aromatic N) is 1. The second-order valence-electron chi connectivity index (χ2n) is 5.49. The Morgan fingerprint density at radius 1 is 0.958 bits per heavy atom. The van der Waals surface area contributed by atoms with Gasteiger partial charge in [-0.05, 0) is 36.1 Å². The second-order valence-corrected chi connectivity index (χ2v) is 5.49. The van der Waals surface area contributed by atoms with E-state index in [9.17, 15) is 5.26 Å². The standard InChI is InChI=1S/C20H23NO3/c1-5-15-10-14(6-9-19(15)23-3)11-16(13-21)18-8-7-17(22-2)12-20(18)24-4/h6-10,12,16H,5,11H2,1-4H3. The lowest BCUT2D eigenvalue weighted by Crippen LogP contribution is -2.04. The molecule has 0 radical (unpaired) electrons. The van der Waals surface area contributed by atoms with Crippen molar-refractivity contribution in [2.24, 2.45) is 0 Å². The SMILES string of the molecule is CCc1cc(CC(C#N)c2ccc(OC)cc2OC)ccc1OC. The van der Waals surface area contributed by atoms with Gasteiger partial charge in [-0.2, -0.15) is 5.26 Å². The maximum Gasteiger partial charge on any atom is 0.127 e. The quantitative estimate of drug-likeness (QED) is 0.768. The predicted octanol–water partition coefficient (Wildman–Crippen LogP) is 4.12. The molecular formula is C20H23NO3. The van der Waals surface area contributed by atoms with Gasteiger partial charge in [0.1, 0.15) is 17.2 Å². The van der Waals surface area contributed by atoms with Crippen molar-refractivity contribution in [1.29, 1.82) is 5.26 Å². The van der Waals surface area contributed by atoms with Gasteiger partial charge in [-0.3, -0.25) is 0 Å². The Kier molecular flexibility index (Phi) is 6.08. The van der Waals surface area contributed by atoms with E-state index in [1.165, 1.54) is 0 Å². The number of benzene rings is 2. The third-order valence-electron chi connectivity index (χ3n) is 4.14. The molecule has 0 saturated carbocycles. The van der Waals surface area contributed by atoms with E-state index < -0.39 is 0 Å². The van der Waals surface area contributed by atoms with Crippen LogP contribution in [-0.2, 0) is 12.8 Å². The summed E-state index contributed by atoms with van der Waals surface area (Å²) in [6.07, 6.45) is 1.51. The molecule has 0 spiro atoms. The first-order valence-corrected chi connectivity index (χ1v) is 7.94. The van der Waals surface area contributed by atoms with Crippen molar-refractivity contribution in [2.45, 2.75) is 25.7 Å². The van der Waals surface area contributed by atoms with Crippen LogP contribution in [0, 0.1) is 11.3 Å². The molecule has 0 amide bonds. The highest BCUT2D eigenvalue weighted by Crippen LogP contribution is 2.33. The maximum atomic E-state index is 9.65. The summed E-state index contributed by atoms with van der Waals surface area (Å²) in [5.74, 6) is 1.98. The van der Waals surface area contributed by atoms with Gasteiger partial charge in [0.25, 0.3) is 0 Å². The van der Waals surface area contributed by atoms with E-state index in [0.29, 0.717) is 17.9 Å². The van der Waals surface area contributed by atoms with E-state index in [0.717, 1.165) is 28.9 Å². The summed E-state index contributed by atoms with van der Waals surface area (Å²) < 4.78 is 16.0. The van der Waals surface area contributed by atoms with Crippen molar-refractivity contribution in [3.8, 4) is 23.3 Å². The van der Waals surface area contributed by atoms with E-state index in [4.69, 9.17) is 14.2 Å². The third kappa shape index (κ3) is 3.80. The van der Waals surface area contributed by atoms with Gasteiger partial charge in [0.15, 0.2) is 0 Å². The predicted molar refractivity (Wildman–Crippen MR) is 94.0 cm³/mol. The summed E-state index contributed by atoms with van der Waals surface area (Å²) in [4.78, 5) is 0. The van der Waals surface area contributed by atoms with Crippen LogP contribution in [0.5, 0.6) is 17.2 Å². The highest BCUT2D eigenvalue weighted by molar-refractivity contribution is 5.46. The minimum absolute atomic E-state index is 0.288. The van der Waals surface area contributed by atoms with Crippen LogP contribution < -0.4 is 14.2 Å². The lowest BCUT2D eigenvalue weighted by Gasteiger charge is -2.16. The van der Waals surface area contributed by atoms with E-state index in [1.54, 1.807) is 21.3 Å². The van der Waals surface area contributed by atoms with Gasteiger partial charge in [0.05, 0.1) is 33.3 Å². The molecule has 2 aromatic rings. The molecule has 1 atom stereocenters. The zero-order valence-electron chi connectivity index (χ0n) is 14.6. The molecule has 0 aliphatic carbocycles. The first-order chi connectivity index (χ1) is 11.7. The van der Waals surface area contributed by atoms with Crippen LogP contribution in [0.25, 0.3) is 0 Å². The summed E-state index contributed by atoms with van der Waals surface area (Å²) in [5, 5.41) is 9.65. The molecule has 126 valence electrons. The number of nitriles is 1. The number of hydrogen-bond acceptors (Lipinski definition) is 4. The minimum Gasteiger partial charge on any atom is -0.497 e. The van der Waals surface area contributed by atoms with Crippen LogP contribution in [0.3, 0.4) is 0 Å². The van der Waals surface area contributed by atoms with Gasteiger partial charge in [-0.15, -0.1) is 0 Å². The molecule has 0 aromatic heterocycles. The molecule has 0 aliphatic heterocycles. The summed E-state index contributed by atoms with van der Waals surface area (Å²) in [5.41, 5.74) is 3.13. The largest absolute Gasteiger partial charge is 0.497 e. The van der Waals surface area contributed by atoms with Crippen LogP contribution in [-0.4, -0.2) is 21.3 Å². The number of hydrogen-bond donors (Lipinski definition) is 0. The topological polar surface area (TPSA) is 51.5 Å². The highest BCUT2D eigenvalue weighted by Gasteiger charge is 2.18. The Bertz CT molecular complexity index is 734.